The normalized spacial score (nSPS) is 15.1. The van der Waals surface area contributed by atoms with Gasteiger partial charge in [-0.1, -0.05) is 30.3 Å². The average molecular weight is 523 g/mol. The van der Waals surface area contributed by atoms with Gasteiger partial charge in [-0.05, 0) is 65.0 Å². The number of benzene rings is 2. The van der Waals surface area contributed by atoms with Crippen LogP contribution >= 0.6 is 34.4 Å². The number of amides is 2. The van der Waals surface area contributed by atoms with E-state index in [1.165, 1.54) is 0 Å². The van der Waals surface area contributed by atoms with Crippen molar-refractivity contribution in [2.75, 3.05) is 20.3 Å². The fourth-order valence-corrected chi connectivity index (χ4v) is 4.37. The van der Waals surface area contributed by atoms with E-state index < -0.39 is 11.1 Å². The Bertz CT molecular complexity index is 990. The van der Waals surface area contributed by atoms with Crippen LogP contribution < -0.4 is 9.47 Å². The Hall–Kier alpha value is -2.33. The number of nitrogens with zero attached hydrogens (tertiary/aromatic N) is 1. The van der Waals surface area contributed by atoms with Crippen molar-refractivity contribution in [3.8, 4) is 11.5 Å². The predicted octanol–water partition coefficient (Wildman–Crippen LogP) is 4.62. The maximum atomic E-state index is 12.7. The lowest BCUT2D eigenvalue weighted by atomic mass is 10.1. The number of ketones is 1. The minimum atomic E-state index is -0.479. The molecular weight excluding hydrogens is 505 g/mol. The van der Waals surface area contributed by atoms with Gasteiger partial charge in [-0.15, -0.1) is 0 Å². The number of methoxy groups -OCH3 is 1. The second-order valence-electron chi connectivity index (χ2n) is 6.02. The summed E-state index contributed by atoms with van der Waals surface area (Å²) in [5.74, 6) is 0.413. The molecule has 0 aliphatic carbocycles. The number of thioether (sulfide) groups is 1. The molecule has 1 heterocycles. The van der Waals surface area contributed by atoms with E-state index in [-0.39, 0.29) is 17.2 Å². The fraction of sp³-hybridized carbons (Fsp3) is 0.190. The van der Waals surface area contributed by atoms with Crippen LogP contribution in [-0.4, -0.2) is 42.1 Å². The predicted molar refractivity (Wildman–Crippen MR) is 120 cm³/mol. The molecule has 1 aliphatic heterocycles. The molecule has 0 saturated carbocycles. The largest absolute Gasteiger partial charge is 0.493 e. The lowest BCUT2D eigenvalue weighted by Crippen LogP contribution is -2.33. The molecule has 0 N–H and O–H groups in total. The molecule has 1 saturated heterocycles. The highest BCUT2D eigenvalue weighted by atomic mass is 127. The van der Waals surface area contributed by atoms with E-state index in [9.17, 15) is 14.4 Å². The molecule has 1 fully saturated rings. The molecule has 6 nitrogen and oxygen atoms in total. The van der Waals surface area contributed by atoms with E-state index in [2.05, 4.69) is 22.6 Å². The molecule has 0 spiro atoms. The highest BCUT2D eigenvalue weighted by molar-refractivity contribution is 14.1. The van der Waals surface area contributed by atoms with Gasteiger partial charge in [-0.25, -0.2) is 0 Å². The Kier molecular flexibility index (Phi) is 6.96. The van der Waals surface area contributed by atoms with Gasteiger partial charge in [0.15, 0.2) is 17.3 Å². The van der Waals surface area contributed by atoms with Crippen LogP contribution in [-0.2, 0) is 4.79 Å². The Balaban J connectivity index is 1.83. The summed E-state index contributed by atoms with van der Waals surface area (Å²) in [7, 11) is 1.54. The van der Waals surface area contributed by atoms with Gasteiger partial charge >= 0.3 is 0 Å². The first-order chi connectivity index (χ1) is 13.9. The molecule has 150 valence electrons. The third kappa shape index (κ3) is 4.81. The summed E-state index contributed by atoms with van der Waals surface area (Å²) in [4.78, 5) is 38.6. The van der Waals surface area contributed by atoms with Crippen LogP contribution in [0.2, 0.25) is 0 Å². The molecule has 3 rings (SSSR count). The van der Waals surface area contributed by atoms with Crippen molar-refractivity contribution in [1.82, 2.24) is 4.90 Å². The quantitative estimate of drug-likeness (QED) is 0.300. The summed E-state index contributed by atoms with van der Waals surface area (Å²) in [5.41, 5.74) is 1.16. The molecule has 2 aromatic carbocycles. The fourth-order valence-electron chi connectivity index (χ4n) is 2.75. The molecule has 0 bridgehead atoms. The number of carbonyl (C=O) groups excluding carboxylic acids is 3. The zero-order valence-electron chi connectivity index (χ0n) is 15.8. The van der Waals surface area contributed by atoms with Gasteiger partial charge in [-0.3, -0.25) is 19.3 Å². The second-order valence-corrected chi connectivity index (χ2v) is 8.18. The van der Waals surface area contributed by atoms with Crippen LogP contribution in [0.15, 0.2) is 47.4 Å². The number of rotatable bonds is 7. The molecule has 2 aromatic rings. The zero-order chi connectivity index (χ0) is 21.0. The summed E-state index contributed by atoms with van der Waals surface area (Å²) < 4.78 is 11.8. The molecular formula is C21H18INO5S. The van der Waals surface area contributed by atoms with Crippen LogP contribution in [0, 0.1) is 3.57 Å². The van der Waals surface area contributed by atoms with Gasteiger partial charge in [0.25, 0.3) is 11.1 Å². The Morgan fingerprint density at radius 2 is 1.93 bits per heavy atom. The Morgan fingerprint density at radius 1 is 1.21 bits per heavy atom. The van der Waals surface area contributed by atoms with Gasteiger partial charge in [0.05, 0.1) is 28.7 Å². The number of imide groups is 1. The SMILES string of the molecule is CCOc1c(I)cc(/C=C2/SC(=O)N(CC(=O)c3ccccc3)C2=O)cc1OC. The topological polar surface area (TPSA) is 72.9 Å². The lowest BCUT2D eigenvalue weighted by molar-refractivity contribution is -0.122. The summed E-state index contributed by atoms with van der Waals surface area (Å²) >= 11 is 2.95. The van der Waals surface area contributed by atoms with Gasteiger partial charge in [-0.2, -0.15) is 0 Å². The number of hydrogen-bond acceptors (Lipinski definition) is 6. The molecule has 2 amide bonds. The highest BCUT2D eigenvalue weighted by Gasteiger charge is 2.36. The van der Waals surface area contributed by atoms with Crippen molar-refractivity contribution in [3.63, 3.8) is 0 Å². The molecule has 8 heteroatoms. The Labute approximate surface area is 186 Å². The van der Waals surface area contributed by atoms with Crippen LogP contribution in [0.25, 0.3) is 6.08 Å². The monoisotopic (exact) mass is 523 g/mol. The van der Waals surface area contributed by atoms with Crippen LogP contribution in [0.1, 0.15) is 22.8 Å². The summed E-state index contributed by atoms with van der Waals surface area (Å²) in [6, 6.07) is 12.2. The van der Waals surface area contributed by atoms with Crippen LogP contribution in [0.4, 0.5) is 4.79 Å². The number of hydrogen-bond donors (Lipinski definition) is 0. The smallest absolute Gasteiger partial charge is 0.293 e. The highest BCUT2D eigenvalue weighted by Crippen LogP contribution is 2.37. The second kappa shape index (κ2) is 9.45. The van der Waals surface area contributed by atoms with Crippen LogP contribution in [0.5, 0.6) is 11.5 Å². The lowest BCUT2D eigenvalue weighted by Gasteiger charge is -2.12. The maximum Gasteiger partial charge on any atom is 0.293 e. The van der Waals surface area contributed by atoms with E-state index in [0.717, 1.165) is 20.2 Å². The third-order valence-corrected chi connectivity index (χ3v) is 5.82. The van der Waals surface area contributed by atoms with Crippen molar-refractivity contribution in [2.24, 2.45) is 0 Å². The first kappa shape index (κ1) is 21.4. The molecule has 0 aromatic heterocycles. The molecule has 29 heavy (non-hydrogen) atoms. The molecule has 1 aliphatic rings. The first-order valence-electron chi connectivity index (χ1n) is 8.78. The molecule has 0 radical (unpaired) electrons. The maximum absolute atomic E-state index is 12.7. The standard InChI is InChI=1S/C21H18INO5S/c1-3-28-19-15(22)9-13(10-17(19)27-2)11-18-20(25)23(21(26)29-18)12-16(24)14-7-5-4-6-8-14/h4-11H,3,12H2,1-2H3/b18-11+. The molecule has 0 atom stereocenters. The number of ether oxygens (including phenoxy) is 2. The summed E-state index contributed by atoms with van der Waals surface area (Å²) in [5, 5.41) is -0.460. The minimum Gasteiger partial charge on any atom is -0.493 e. The van der Waals surface area contributed by atoms with Gasteiger partial charge in [0.1, 0.15) is 0 Å². The van der Waals surface area contributed by atoms with E-state index in [1.807, 2.05) is 13.0 Å². The van der Waals surface area contributed by atoms with Crippen molar-refractivity contribution in [3.05, 3.63) is 62.1 Å². The van der Waals surface area contributed by atoms with E-state index in [0.29, 0.717) is 29.2 Å². The average Bonchev–Trinajstić information content (AvgIpc) is 2.97. The van der Waals surface area contributed by atoms with E-state index >= 15 is 0 Å². The summed E-state index contributed by atoms with van der Waals surface area (Å²) in [6.07, 6.45) is 1.62. The van der Waals surface area contributed by atoms with Crippen molar-refractivity contribution in [1.29, 1.82) is 0 Å². The summed E-state index contributed by atoms with van der Waals surface area (Å²) in [6.45, 7) is 2.10. The minimum absolute atomic E-state index is 0.262. The van der Waals surface area contributed by atoms with Crippen LogP contribution in [0.3, 0.4) is 0 Å². The van der Waals surface area contributed by atoms with Gasteiger partial charge < -0.3 is 9.47 Å². The van der Waals surface area contributed by atoms with Gasteiger partial charge in [0, 0.05) is 5.56 Å². The van der Waals surface area contributed by atoms with Gasteiger partial charge in [0.2, 0.25) is 0 Å². The van der Waals surface area contributed by atoms with E-state index in [4.69, 9.17) is 9.47 Å². The van der Waals surface area contributed by atoms with Crippen molar-refractivity contribution >= 4 is 57.4 Å². The Morgan fingerprint density at radius 3 is 2.59 bits per heavy atom. The molecule has 0 unspecified atom stereocenters. The number of halogens is 1. The van der Waals surface area contributed by atoms with E-state index in [1.54, 1.807) is 49.6 Å². The van der Waals surface area contributed by atoms with Crippen molar-refractivity contribution < 1.29 is 23.9 Å². The third-order valence-electron chi connectivity index (χ3n) is 4.11. The first-order valence-corrected chi connectivity index (χ1v) is 10.7. The number of Topliss-reactive ketones (excluding diaryl/α,β-unsaturated/α-hetero) is 1. The number of carbonyl (C=O) groups is 3. The zero-order valence-corrected chi connectivity index (χ0v) is 18.8. The van der Waals surface area contributed by atoms with Crippen molar-refractivity contribution in [2.45, 2.75) is 6.92 Å².